The van der Waals surface area contributed by atoms with Gasteiger partial charge in [-0.2, -0.15) is 4.80 Å². The predicted molar refractivity (Wildman–Crippen MR) is 115 cm³/mol. The van der Waals surface area contributed by atoms with Crippen LogP contribution in [0.15, 0.2) is 54.7 Å². The van der Waals surface area contributed by atoms with Crippen LogP contribution in [0.4, 0.5) is 0 Å². The Morgan fingerprint density at radius 2 is 1.87 bits per heavy atom. The lowest BCUT2D eigenvalue weighted by Crippen LogP contribution is -2.04. The summed E-state index contributed by atoms with van der Waals surface area (Å²) in [5, 5.41) is 23.3. The molecule has 4 rings (SSSR count). The first-order valence-corrected chi connectivity index (χ1v) is 10.3. The normalized spacial score (nSPS) is 11.2. The molecule has 0 saturated carbocycles. The van der Waals surface area contributed by atoms with E-state index in [9.17, 15) is 4.79 Å². The molecule has 0 atom stereocenters. The second kappa shape index (κ2) is 9.09. The van der Waals surface area contributed by atoms with Gasteiger partial charge < -0.3 is 9.67 Å². The summed E-state index contributed by atoms with van der Waals surface area (Å²) in [6.45, 7) is 1.32. The third kappa shape index (κ3) is 4.86. The molecule has 30 heavy (non-hydrogen) atoms. The largest absolute Gasteiger partial charge is 0.481 e. The molecule has 7 nitrogen and oxygen atoms in total. The summed E-state index contributed by atoms with van der Waals surface area (Å²) in [5.74, 6) is -0.125. The van der Waals surface area contributed by atoms with Crippen LogP contribution in [0.3, 0.4) is 0 Å². The summed E-state index contributed by atoms with van der Waals surface area (Å²) in [6.07, 6.45) is 4.21. The number of nitrogens with zero attached hydrogens (tertiary/aromatic N) is 5. The Kier molecular flexibility index (Phi) is 6.09. The molecule has 2 aromatic heterocycles. The number of aliphatic carboxylic acids is 1. The number of carboxylic acids is 1. The number of rotatable bonds is 9. The lowest BCUT2D eigenvalue weighted by molar-refractivity contribution is -0.137. The minimum Gasteiger partial charge on any atom is -0.481 e. The quantitative estimate of drug-likeness (QED) is 0.408. The van der Waals surface area contributed by atoms with Crippen LogP contribution in [-0.4, -0.2) is 35.9 Å². The third-order valence-electron chi connectivity index (χ3n) is 4.98. The van der Waals surface area contributed by atoms with Crippen LogP contribution in [0.1, 0.15) is 36.2 Å². The molecule has 0 aliphatic rings. The molecule has 0 radical (unpaired) electrons. The van der Waals surface area contributed by atoms with E-state index in [1.54, 1.807) is 4.80 Å². The number of tetrazole rings is 1. The molecule has 0 saturated heterocycles. The van der Waals surface area contributed by atoms with Gasteiger partial charge in [-0.25, -0.2) is 0 Å². The maximum absolute atomic E-state index is 10.6. The van der Waals surface area contributed by atoms with E-state index in [1.807, 2.05) is 36.4 Å². The van der Waals surface area contributed by atoms with Gasteiger partial charge in [0.2, 0.25) is 0 Å². The van der Waals surface area contributed by atoms with Gasteiger partial charge in [-0.05, 0) is 47.4 Å². The van der Waals surface area contributed by atoms with Gasteiger partial charge in [0.1, 0.15) is 0 Å². The summed E-state index contributed by atoms with van der Waals surface area (Å²) >= 11 is 6.01. The van der Waals surface area contributed by atoms with Crippen LogP contribution >= 0.6 is 11.6 Å². The molecule has 2 aromatic carbocycles. The lowest BCUT2D eigenvalue weighted by atomic mass is 10.1. The van der Waals surface area contributed by atoms with E-state index in [2.05, 4.69) is 38.3 Å². The van der Waals surface area contributed by atoms with Crippen LogP contribution in [-0.2, 0) is 24.3 Å². The number of carbonyl (C=O) groups is 1. The molecule has 0 fully saturated rings. The summed E-state index contributed by atoms with van der Waals surface area (Å²) in [4.78, 5) is 12.1. The molecule has 0 aliphatic heterocycles. The number of aromatic nitrogens is 5. The molecule has 0 unspecified atom stereocenters. The van der Waals surface area contributed by atoms with E-state index >= 15 is 0 Å². The maximum Gasteiger partial charge on any atom is 0.303 e. The van der Waals surface area contributed by atoms with Crippen molar-refractivity contribution in [1.29, 1.82) is 0 Å². The van der Waals surface area contributed by atoms with E-state index in [1.165, 1.54) is 10.9 Å². The average molecular weight is 424 g/mol. The van der Waals surface area contributed by atoms with Crippen molar-refractivity contribution in [3.8, 4) is 0 Å². The molecule has 1 N–H and O–H groups in total. The minimum absolute atomic E-state index is 0.161. The predicted octanol–water partition coefficient (Wildman–Crippen LogP) is 4.18. The van der Waals surface area contributed by atoms with Gasteiger partial charge in [0.05, 0.1) is 6.54 Å². The van der Waals surface area contributed by atoms with Gasteiger partial charge in [0.25, 0.3) is 0 Å². The number of benzene rings is 2. The van der Waals surface area contributed by atoms with Gasteiger partial charge >= 0.3 is 5.97 Å². The van der Waals surface area contributed by atoms with Gasteiger partial charge in [-0.3, -0.25) is 4.79 Å². The Labute approximate surface area is 178 Å². The maximum atomic E-state index is 10.6. The minimum atomic E-state index is -0.780. The Bertz CT molecular complexity index is 1150. The molecule has 154 valence electrons. The Hall–Kier alpha value is -3.19. The van der Waals surface area contributed by atoms with E-state index in [0.717, 1.165) is 22.6 Å². The Morgan fingerprint density at radius 3 is 2.67 bits per heavy atom. The SMILES string of the molecule is O=C(O)CCCCn1nnc(Cc2cn(Cc3ccc(Cl)cc3)c3ccccc23)n1. The van der Waals surface area contributed by atoms with Crippen LogP contribution in [0.2, 0.25) is 5.02 Å². The summed E-state index contributed by atoms with van der Waals surface area (Å²) in [6, 6.07) is 16.2. The molecule has 0 spiro atoms. The molecule has 0 bridgehead atoms. The Morgan fingerprint density at radius 1 is 1.07 bits per heavy atom. The van der Waals surface area contributed by atoms with Crippen molar-refractivity contribution < 1.29 is 9.90 Å². The zero-order valence-corrected chi connectivity index (χ0v) is 17.2. The molecular weight excluding hydrogens is 402 g/mol. The van der Waals surface area contributed by atoms with Crippen molar-refractivity contribution in [2.24, 2.45) is 0 Å². The highest BCUT2D eigenvalue weighted by Gasteiger charge is 2.12. The molecule has 0 aliphatic carbocycles. The van der Waals surface area contributed by atoms with Gasteiger partial charge in [0.15, 0.2) is 5.82 Å². The van der Waals surface area contributed by atoms with Crippen molar-refractivity contribution >= 4 is 28.5 Å². The van der Waals surface area contributed by atoms with Gasteiger partial charge in [-0.15, -0.1) is 10.2 Å². The molecule has 0 amide bonds. The number of fused-ring (bicyclic) bond motifs is 1. The number of unbranched alkanes of at least 4 members (excludes halogenated alkanes) is 1. The van der Waals surface area contributed by atoms with Crippen LogP contribution < -0.4 is 0 Å². The van der Waals surface area contributed by atoms with Crippen molar-refractivity contribution in [2.45, 2.75) is 38.8 Å². The van der Waals surface area contributed by atoms with Crippen LogP contribution in [0.5, 0.6) is 0 Å². The van der Waals surface area contributed by atoms with Crippen molar-refractivity contribution in [2.75, 3.05) is 0 Å². The lowest BCUT2D eigenvalue weighted by Gasteiger charge is -2.05. The van der Waals surface area contributed by atoms with E-state index in [0.29, 0.717) is 31.6 Å². The van der Waals surface area contributed by atoms with E-state index in [-0.39, 0.29) is 6.42 Å². The second-order valence-corrected chi connectivity index (χ2v) is 7.69. The second-order valence-electron chi connectivity index (χ2n) is 7.26. The Balaban J connectivity index is 1.49. The third-order valence-corrected chi connectivity index (χ3v) is 5.23. The monoisotopic (exact) mass is 423 g/mol. The molecular formula is C22H22ClN5O2. The molecule has 4 aromatic rings. The zero-order chi connectivity index (χ0) is 20.9. The fraction of sp³-hybridized carbons (Fsp3) is 0.273. The average Bonchev–Trinajstić information content (AvgIpc) is 3.32. The van der Waals surface area contributed by atoms with Crippen LogP contribution in [0, 0.1) is 0 Å². The van der Waals surface area contributed by atoms with Crippen LogP contribution in [0.25, 0.3) is 10.9 Å². The summed E-state index contributed by atoms with van der Waals surface area (Å²) in [7, 11) is 0. The number of hydrogen-bond donors (Lipinski definition) is 1. The number of hydrogen-bond acceptors (Lipinski definition) is 4. The first kappa shape index (κ1) is 20.1. The highest BCUT2D eigenvalue weighted by atomic mass is 35.5. The number of para-hydroxylation sites is 1. The number of carboxylic acid groups (broad SMARTS) is 1. The van der Waals surface area contributed by atoms with E-state index in [4.69, 9.17) is 16.7 Å². The summed E-state index contributed by atoms with van der Waals surface area (Å²) < 4.78 is 2.23. The zero-order valence-electron chi connectivity index (χ0n) is 16.4. The van der Waals surface area contributed by atoms with Crippen molar-refractivity contribution in [3.05, 3.63) is 76.7 Å². The van der Waals surface area contributed by atoms with E-state index < -0.39 is 5.97 Å². The first-order valence-electron chi connectivity index (χ1n) is 9.88. The highest BCUT2D eigenvalue weighted by molar-refractivity contribution is 6.30. The number of halogens is 1. The van der Waals surface area contributed by atoms with Crippen molar-refractivity contribution in [3.63, 3.8) is 0 Å². The number of aryl methyl sites for hydroxylation is 1. The smallest absolute Gasteiger partial charge is 0.303 e. The highest BCUT2D eigenvalue weighted by Crippen LogP contribution is 2.24. The fourth-order valence-electron chi connectivity index (χ4n) is 3.52. The van der Waals surface area contributed by atoms with Crippen molar-refractivity contribution in [1.82, 2.24) is 24.8 Å². The fourth-order valence-corrected chi connectivity index (χ4v) is 3.65. The summed E-state index contributed by atoms with van der Waals surface area (Å²) in [5.41, 5.74) is 3.48. The molecule has 8 heteroatoms. The topological polar surface area (TPSA) is 85.8 Å². The van der Waals surface area contributed by atoms with Gasteiger partial charge in [0, 0.05) is 41.5 Å². The molecule has 2 heterocycles. The first-order chi connectivity index (χ1) is 14.6. The standard InChI is InChI=1S/C22H22ClN5O2/c23-18-10-8-16(9-11-18)14-27-15-17(19-5-1-2-6-20(19)27)13-21-24-26-28(25-21)12-4-3-7-22(29)30/h1-2,5-6,8-11,15H,3-4,7,12-14H2,(H,29,30). The van der Waals surface area contributed by atoms with Gasteiger partial charge in [-0.1, -0.05) is 41.9 Å².